The maximum Gasteiger partial charge on any atom is 0.251 e. The number of nitrogens with one attached hydrogen (secondary N) is 2. The third-order valence-electron chi connectivity index (χ3n) is 4.86. The van der Waals surface area contributed by atoms with Crippen molar-refractivity contribution in [3.63, 3.8) is 0 Å². The SMILES string of the molecule is Cc1cccc(C(=O)N[C@H](c2nnc(SCC(=O)Nc3ccccc3F)n2C)C(C)C)c1. The number of rotatable bonds is 8. The highest BCUT2D eigenvalue weighted by molar-refractivity contribution is 7.99. The van der Waals surface area contributed by atoms with Gasteiger partial charge in [-0.1, -0.05) is 55.4 Å². The Bertz CT molecular complexity index is 1120. The third-order valence-corrected chi connectivity index (χ3v) is 5.88. The number of aryl methyl sites for hydroxylation is 1. The summed E-state index contributed by atoms with van der Waals surface area (Å²) in [5, 5.41) is 14.6. The van der Waals surface area contributed by atoms with Crippen LogP contribution in [0, 0.1) is 18.7 Å². The van der Waals surface area contributed by atoms with E-state index in [1.165, 1.54) is 23.9 Å². The largest absolute Gasteiger partial charge is 0.342 e. The van der Waals surface area contributed by atoms with Gasteiger partial charge < -0.3 is 15.2 Å². The fourth-order valence-electron chi connectivity index (χ4n) is 3.14. The summed E-state index contributed by atoms with van der Waals surface area (Å²) in [5.41, 5.74) is 1.72. The number of halogens is 1. The number of para-hydroxylation sites is 1. The van der Waals surface area contributed by atoms with Gasteiger partial charge >= 0.3 is 0 Å². The van der Waals surface area contributed by atoms with Crippen LogP contribution < -0.4 is 10.6 Å². The Morgan fingerprint density at radius 3 is 2.56 bits per heavy atom. The molecule has 1 heterocycles. The molecular weight excluding hydrogens is 429 g/mol. The summed E-state index contributed by atoms with van der Waals surface area (Å²) in [6.07, 6.45) is 0. The fraction of sp³-hybridized carbons (Fsp3) is 0.304. The Hall–Kier alpha value is -3.20. The first-order valence-electron chi connectivity index (χ1n) is 10.2. The maximum absolute atomic E-state index is 13.7. The molecule has 9 heteroatoms. The van der Waals surface area contributed by atoms with Gasteiger partial charge in [0.25, 0.3) is 5.91 Å². The van der Waals surface area contributed by atoms with Crippen molar-refractivity contribution in [2.45, 2.75) is 32.0 Å². The van der Waals surface area contributed by atoms with Crippen LogP contribution in [0.4, 0.5) is 10.1 Å². The summed E-state index contributed by atoms with van der Waals surface area (Å²) < 4.78 is 15.5. The molecule has 0 unspecified atom stereocenters. The highest BCUT2D eigenvalue weighted by atomic mass is 32.2. The quantitative estimate of drug-likeness (QED) is 0.499. The first kappa shape index (κ1) is 23.5. The van der Waals surface area contributed by atoms with Crippen LogP contribution in [0.2, 0.25) is 0 Å². The molecule has 32 heavy (non-hydrogen) atoms. The molecule has 3 rings (SSSR count). The molecule has 2 amide bonds. The standard InChI is InChI=1S/C23H26FN5O2S/c1-14(2)20(26-22(31)16-9-7-8-15(3)12-16)21-27-28-23(29(21)4)32-13-19(30)25-18-11-6-5-10-17(18)24/h5-12,14,20H,13H2,1-4H3,(H,25,30)(H,26,31)/t20-/m0/s1. The lowest BCUT2D eigenvalue weighted by Crippen LogP contribution is -2.33. The summed E-state index contributed by atoms with van der Waals surface area (Å²) in [4.78, 5) is 25.0. The van der Waals surface area contributed by atoms with E-state index >= 15 is 0 Å². The van der Waals surface area contributed by atoms with Crippen LogP contribution in [0.3, 0.4) is 0 Å². The van der Waals surface area contributed by atoms with Gasteiger partial charge in [-0.3, -0.25) is 9.59 Å². The summed E-state index contributed by atoms with van der Waals surface area (Å²) >= 11 is 1.19. The number of anilines is 1. The summed E-state index contributed by atoms with van der Waals surface area (Å²) in [6.45, 7) is 5.92. The molecule has 2 N–H and O–H groups in total. The number of hydrogen-bond donors (Lipinski definition) is 2. The average Bonchev–Trinajstić information content (AvgIpc) is 3.11. The number of amides is 2. The van der Waals surface area contributed by atoms with Gasteiger partial charge in [-0.05, 0) is 37.1 Å². The van der Waals surface area contributed by atoms with Crippen molar-refractivity contribution >= 4 is 29.3 Å². The lowest BCUT2D eigenvalue weighted by molar-refractivity contribution is -0.113. The lowest BCUT2D eigenvalue weighted by Gasteiger charge is -2.21. The lowest BCUT2D eigenvalue weighted by atomic mass is 10.0. The Labute approximate surface area is 190 Å². The molecule has 0 aliphatic heterocycles. The molecule has 0 bridgehead atoms. The van der Waals surface area contributed by atoms with Crippen molar-refractivity contribution in [3.05, 3.63) is 71.3 Å². The first-order valence-corrected chi connectivity index (χ1v) is 11.2. The molecule has 3 aromatic rings. The molecule has 0 aliphatic rings. The van der Waals surface area contributed by atoms with Gasteiger partial charge in [0, 0.05) is 12.6 Å². The minimum absolute atomic E-state index is 0.0440. The van der Waals surface area contributed by atoms with Crippen molar-refractivity contribution in [1.29, 1.82) is 0 Å². The van der Waals surface area contributed by atoms with E-state index in [0.29, 0.717) is 16.5 Å². The number of carbonyl (C=O) groups excluding carboxylic acids is 2. The molecule has 0 aliphatic carbocycles. The second-order valence-corrected chi connectivity index (χ2v) is 8.72. The van der Waals surface area contributed by atoms with Gasteiger partial charge in [0.15, 0.2) is 11.0 Å². The van der Waals surface area contributed by atoms with Gasteiger partial charge in [0.05, 0.1) is 17.5 Å². The predicted molar refractivity (Wildman–Crippen MR) is 123 cm³/mol. The molecule has 0 saturated heterocycles. The van der Waals surface area contributed by atoms with E-state index in [4.69, 9.17) is 0 Å². The fourth-order valence-corrected chi connectivity index (χ4v) is 3.86. The van der Waals surface area contributed by atoms with E-state index in [1.807, 2.05) is 39.0 Å². The van der Waals surface area contributed by atoms with Crippen molar-refractivity contribution in [1.82, 2.24) is 20.1 Å². The van der Waals surface area contributed by atoms with Crippen molar-refractivity contribution in [3.8, 4) is 0 Å². The van der Waals surface area contributed by atoms with Gasteiger partial charge in [0.1, 0.15) is 5.82 Å². The van der Waals surface area contributed by atoms with Crippen LogP contribution in [0.1, 0.15) is 41.6 Å². The normalized spacial score (nSPS) is 11.9. The van der Waals surface area contributed by atoms with Gasteiger partial charge in [0.2, 0.25) is 5.91 Å². The summed E-state index contributed by atoms with van der Waals surface area (Å²) in [6, 6.07) is 13.0. The zero-order valence-electron chi connectivity index (χ0n) is 18.4. The van der Waals surface area contributed by atoms with Gasteiger partial charge in [-0.25, -0.2) is 4.39 Å². The van der Waals surface area contributed by atoms with Crippen molar-refractivity contribution < 1.29 is 14.0 Å². The van der Waals surface area contributed by atoms with E-state index < -0.39 is 5.82 Å². The Balaban J connectivity index is 1.67. The van der Waals surface area contributed by atoms with E-state index in [1.54, 1.807) is 29.8 Å². The minimum atomic E-state index is -0.490. The Morgan fingerprint density at radius 1 is 1.12 bits per heavy atom. The smallest absolute Gasteiger partial charge is 0.251 e. The molecule has 0 saturated carbocycles. The van der Waals surface area contributed by atoms with Crippen LogP contribution >= 0.6 is 11.8 Å². The maximum atomic E-state index is 13.7. The molecule has 0 spiro atoms. The number of hydrogen-bond acceptors (Lipinski definition) is 5. The Kier molecular flexibility index (Phi) is 7.63. The predicted octanol–water partition coefficient (Wildman–Crippen LogP) is 4.12. The molecule has 1 aromatic heterocycles. The second-order valence-electron chi connectivity index (χ2n) is 7.78. The zero-order valence-corrected chi connectivity index (χ0v) is 19.2. The summed E-state index contributed by atoms with van der Waals surface area (Å²) in [7, 11) is 1.79. The van der Waals surface area contributed by atoms with Crippen LogP contribution in [-0.2, 0) is 11.8 Å². The number of thioether (sulfide) groups is 1. The van der Waals surface area contributed by atoms with E-state index in [2.05, 4.69) is 20.8 Å². The number of carbonyl (C=O) groups is 2. The van der Waals surface area contributed by atoms with Crippen LogP contribution in [0.5, 0.6) is 0 Å². The highest BCUT2D eigenvalue weighted by Gasteiger charge is 2.25. The number of benzene rings is 2. The van der Waals surface area contributed by atoms with E-state index in [0.717, 1.165) is 5.56 Å². The molecular formula is C23H26FN5O2S. The number of nitrogens with zero attached hydrogens (tertiary/aromatic N) is 3. The third kappa shape index (κ3) is 5.73. The van der Waals surface area contributed by atoms with Gasteiger partial charge in [-0.15, -0.1) is 10.2 Å². The highest BCUT2D eigenvalue weighted by Crippen LogP contribution is 2.25. The topological polar surface area (TPSA) is 88.9 Å². The molecule has 7 nitrogen and oxygen atoms in total. The van der Waals surface area contributed by atoms with E-state index in [-0.39, 0.29) is 35.2 Å². The second kappa shape index (κ2) is 10.4. The molecule has 1 atom stereocenters. The molecule has 0 radical (unpaired) electrons. The Morgan fingerprint density at radius 2 is 1.88 bits per heavy atom. The summed E-state index contributed by atoms with van der Waals surface area (Å²) in [5.74, 6) is -0.322. The monoisotopic (exact) mass is 455 g/mol. The molecule has 0 fully saturated rings. The van der Waals surface area contributed by atoms with Crippen LogP contribution in [0.15, 0.2) is 53.7 Å². The van der Waals surface area contributed by atoms with Gasteiger partial charge in [-0.2, -0.15) is 0 Å². The molecule has 2 aromatic carbocycles. The number of aromatic nitrogens is 3. The van der Waals surface area contributed by atoms with Crippen molar-refractivity contribution in [2.24, 2.45) is 13.0 Å². The zero-order chi connectivity index (χ0) is 23.3. The first-order chi connectivity index (χ1) is 15.3. The average molecular weight is 456 g/mol. The van der Waals surface area contributed by atoms with E-state index in [9.17, 15) is 14.0 Å². The van der Waals surface area contributed by atoms with Crippen LogP contribution in [0.25, 0.3) is 0 Å². The minimum Gasteiger partial charge on any atom is -0.342 e. The molecule has 168 valence electrons. The van der Waals surface area contributed by atoms with Crippen molar-refractivity contribution in [2.75, 3.05) is 11.1 Å². The van der Waals surface area contributed by atoms with Crippen LogP contribution in [-0.4, -0.2) is 32.3 Å².